The van der Waals surface area contributed by atoms with Crippen molar-refractivity contribution >= 4 is 28.4 Å². The van der Waals surface area contributed by atoms with Crippen molar-refractivity contribution in [1.82, 2.24) is 15.0 Å². The molecule has 1 amide bonds. The van der Waals surface area contributed by atoms with Crippen molar-refractivity contribution in [2.24, 2.45) is 0 Å². The number of hydrogen-bond acceptors (Lipinski definition) is 4. The van der Waals surface area contributed by atoms with Crippen LogP contribution in [0, 0.1) is 5.82 Å². The van der Waals surface area contributed by atoms with E-state index in [4.69, 9.17) is 0 Å². The highest BCUT2D eigenvalue weighted by molar-refractivity contribution is 6.06. The smallest absolute Gasteiger partial charge is 0.345 e. The zero-order valence-corrected chi connectivity index (χ0v) is 17.1. The molecule has 10 heteroatoms. The molecule has 0 spiro atoms. The van der Waals surface area contributed by atoms with Crippen LogP contribution in [0.25, 0.3) is 22.2 Å². The number of ketones is 1. The van der Waals surface area contributed by atoms with Gasteiger partial charge >= 0.3 is 6.18 Å². The van der Waals surface area contributed by atoms with E-state index in [0.717, 1.165) is 12.3 Å². The number of aromatic nitrogens is 3. The van der Waals surface area contributed by atoms with Gasteiger partial charge in [0.25, 0.3) is 0 Å². The average Bonchev–Trinajstić information content (AvgIpc) is 3.18. The number of pyridine rings is 2. The van der Waals surface area contributed by atoms with E-state index in [1.54, 1.807) is 18.3 Å². The summed E-state index contributed by atoms with van der Waals surface area (Å²) in [7, 11) is 0. The van der Waals surface area contributed by atoms with E-state index >= 15 is 0 Å². The third-order valence-corrected chi connectivity index (χ3v) is 5.00. The number of rotatable bonds is 5. The number of benzene rings is 1. The van der Waals surface area contributed by atoms with Crippen LogP contribution in [-0.2, 0) is 17.4 Å². The van der Waals surface area contributed by atoms with Gasteiger partial charge in [-0.2, -0.15) is 13.2 Å². The van der Waals surface area contributed by atoms with Crippen molar-refractivity contribution in [3.05, 3.63) is 77.6 Å². The zero-order valence-electron chi connectivity index (χ0n) is 17.1. The third-order valence-electron chi connectivity index (χ3n) is 5.00. The van der Waals surface area contributed by atoms with Crippen molar-refractivity contribution in [2.45, 2.75) is 19.5 Å². The van der Waals surface area contributed by atoms with Crippen molar-refractivity contribution in [2.75, 3.05) is 5.32 Å². The van der Waals surface area contributed by atoms with Crippen LogP contribution in [0.3, 0.4) is 0 Å². The Balaban J connectivity index is 1.52. The minimum atomic E-state index is -4.60. The Morgan fingerprint density at radius 1 is 1.06 bits per heavy atom. The molecule has 3 aromatic heterocycles. The fourth-order valence-corrected chi connectivity index (χ4v) is 3.36. The van der Waals surface area contributed by atoms with Gasteiger partial charge in [-0.15, -0.1) is 0 Å². The molecule has 0 bridgehead atoms. The van der Waals surface area contributed by atoms with Crippen LogP contribution in [0.5, 0.6) is 0 Å². The summed E-state index contributed by atoms with van der Waals surface area (Å²) in [6, 6.07) is 6.72. The van der Waals surface area contributed by atoms with Gasteiger partial charge in [0.05, 0.1) is 23.9 Å². The molecule has 0 fully saturated rings. The van der Waals surface area contributed by atoms with E-state index in [1.807, 2.05) is 0 Å². The van der Waals surface area contributed by atoms with Gasteiger partial charge in [0.15, 0.2) is 5.78 Å². The number of fused-ring (bicyclic) bond motifs is 1. The normalized spacial score (nSPS) is 11.5. The van der Waals surface area contributed by atoms with Gasteiger partial charge in [-0.3, -0.25) is 14.6 Å². The summed E-state index contributed by atoms with van der Waals surface area (Å²) in [5, 5.41) is 2.91. The van der Waals surface area contributed by atoms with E-state index in [-0.39, 0.29) is 23.5 Å². The molecular weight excluding hydrogens is 440 g/mol. The standard InChI is InChI=1S/C23H16F4N4O2/c1-12(32)19-11-30-22-18(19)4-15(8-29-22)13-2-3-14(20(24)5-13)6-21(33)31-17-7-16(9-28-10-17)23(25,26)27/h2-5,7-11H,6H2,1H3,(H,29,30)(H,31,33). The molecule has 0 radical (unpaired) electrons. The maximum atomic E-state index is 14.7. The SMILES string of the molecule is CC(=O)c1c[nH]c2ncc(-c3ccc(CC(=O)Nc4cncc(C(F)(F)F)c4)c(F)c3)cc12. The predicted octanol–water partition coefficient (Wildman–Crippen LogP) is 5.17. The monoisotopic (exact) mass is 456 g/mol. The van der Waals surface area contributed by atoms with E-state index in [2.05, 4.69) is 20.3 Å². The lowest BCUT2D eigenvalue weighted by molar-refractivity contribution is -0.137. The summed E-state index contributed by atoms with van der Waals surface area (Å²) in [5.41, 5.74) is 0.990. The van der Waals surface area contributed by atoms with Crippen molar-refractivity contribution < 1.29 is 27.2 Å². The van der Waals surface area contributed by atoms with Gasteiger partial charge < -0.3 is 10.3 Å². The minimum Gasteiger partial charge on any atom is -0.345 e. The largest absolute Gasteiger partial charge is 0.417 e. The Morgan fingerprint density at radius 3 is 2.55 bits per heavy atom. The second-order valence-electron chi connectivity index (χ2n) is 7.37. The number of carbonyl (C=O) groups excluding carboxylic acids is 2. The fraction of sp³-hybridized carbons (Fsp3) is 0.130. The van der Waals surface area contributed by atoms with Crippen LogP contribution in [0.2, 0.25) is 0 Å². The Morgan fingerprint density at radius 2 is 1.85 bits per heavy atom. The maximum Gasteiger partial charge on any atom is 0.417 e. The first-order valence-corrected chi connectivity index (χ1v) is 9.71. The molecule has 168 valence electrons. The minimum absolute atomic E-state index is 0.0660. The molecule has 0 aliphatic heterocycles. The van der Waals surface area contributed by atoms with Crippen LogP contribution in [-0.4, -0.2) is 26.6 Å². The molecule has 0 atom stereocenters. The number of aromatic amines is 1. The number of nitrogens with one attached hydrogen (secondary N) is 2. The van der Waals surface area contributed by atoms with Crippen LogP contribution in [0.1, 0.15) is 28.4 Å². The van der Waals surface area contributed by atoms with Crippen LogP contribution >= 0.6 is 0 Å². The third kappa shape index (κ3) is 4.74. The molecule has 0 unspecified atom stereocenters. The Labute approximate surface area is 184 Å². The zero-order chi connectivity index (χ0) is 23.8. The first-order valence-electron chi connectivity index (χ1n) is 9.71. The number of nitrogens with zero attached hydrogens (tertiary/aromatic N) is 2. The molecule has 0 aliphatic carbocycles. The number of carbonyl (C=O) groups is 2. The van der Waals surface area contributed by atoms with Crippen molar-refractivity contribution in [1.29, 1.82) is 0 Å². The first-order chi connectivity index (χ1) is 15.6. The molecule has 2 N–H and O–H groups in total. The second-order valence-corrected chi connectivity index (χ2v) is 7.37. The molecule has 0 aliphatic rings. The lowest BCUT2D eigenvalue weighted by atomic mass is 10.0. The highest BCUT2D eigenvalue weighted by Crippen LogP contribution is 2.30. The van der Waals surface area contributed by atoms with Crippen LogP contribution in [0.15, 0.2) is 55.1 Å². The van der Waals surface area contributed by atoms with Gasteiger partial charge in [-0.1, -0.05) is 12.1 Å². The molecule has 4 rings (SSSR count). The van der Waals surface area contributed by atoms with E-state index in [9.17, 15) is 27.2 Å². The van der Waals surface area contributed by atoms with E-state index in [1.165, 1.54) is 25.3 Å². The van der Waals surface area contributed by atoms with Crippen LogP contribution < -0.4 is 5.32 Å². The molecule has 33 heavy (non-hydrogen) atoms. The second kappa shape index (κ2) is 8.45. The fourth-order valence-electron chi connectivity index (χ4n) is 3.36. The Kier molecular flexibility index (Phi) is 5.67. The number of Topliss-reactive ketones (excluding diaryl/α,β-unsaturated/α-hetero) is 1. The molecule has 4 aromatic rings. The number of halogens is 4. The summed E-state index contributed by atoms with van der Waals surface area (Å²) in [6.07, 6.45) is -0.166. The highest BCUT2D eigenvalue weighted by Gasteiger charge is 2.31. The molecule has 1 aromatic carbocycles. The van der Waals surface area contributed by atoms with Gasteiger partial charge in [-0.05, 0) is 36.2 Å². The lowest BCUT2D eigenvalue weighted by Gasteiger charge is -2.10. The summed E-state index contributed by atoms with van der Waals surface area (Å²) in [5.74, 6) is -1.49. The van der Waals surface area contributed by atoms with Gasteiger partial charge in [0.1, 0.15) is 11.5 Å². The summed E-state index contributed by atoms with van der Waals surface area (Å²) in [6.45, 7) is 1.43. The van der Waals surface area contributed by atoms with Gasteiger partial charge in [0, 0.05) is 35.1 Å². The molecule has 0 saturated carbocycles. The van der Waals surface area contributed by atoms with Crippen molar-refractivity contribution in [3.63, 3.8) is 0 Å². The van der Waals surface area contributed by atoms with Crippen LogP contribution in [0.4, 0.5) is 23.2 Å². The summed E-state index contributed by atoms with van der Waals surface area (Å²) < 4.78 is 53.1. The first kappa shape index (κ1) is 22.1. The predicted molar refractivity (Wildman–Crippen MR) is 113 cm³/mol. The quantitative estimate of drug-likeness (QED) is 0.321. The van der Waals surface area contributed by atoms with Gasteiger partial charge in [0.2, 0.25) is 5.91 Å². The number of alkyl halides is 3. The molecule has 3 heterocycles. The number of hydrogen-bond donors (Lipinski definition) is 2. The van der Waals surface area contributed by atoms with E-state index in [0.29, 0.717) is 33.9 Å². The number of H-pyrrole nitrogens is 1. The summed E-state index contributed by atoms with van der Waals surface area (Å²) >= 11 is 0. The lowest BCUT2D eigenvalue weighted by Crippen LogP contribution is -2.16. The Bertz CT molecular complexity index is 1380. The van der Waals surface area contributed by atoms with Gasteiger partial charge in [-0.25, -0.2) is 9.37 Å². The number of amides is 1. The molecular formula is C23H16F4N4O2. The average molecular weight is 456 g/mol. The highest BCUT2D eigenvalue weighted by atomic mass is 19.4. The van der Waals surface area contributed by atoms with E-state index < -0.39 is 23.5 Å². The summed E-state index contributed by atoms with van der Waals surface area (Å²) in [4.78, 5) is 34.6. The van der Waals surface area contributed by atoms with Crippen molar-refractivity contribution in [3.8, 4) is 11.1 Å². The molecule has 0 saturated heterocycles. The molecule has 6 nitrogen and oxygen atoms in total. The maximum absolute atomic E-state index is 14.7. The number of anilines is 1. The Hall–Kier alpha value is -4.08. The topological polar surface area (TPSA) is 87.7 Å².